The van der Waals surface area contributed by atoms with Crippen molar-refractivity contribution in [2.24, 2.45) is 4.99 Å². The van der Waals surface area contributed by atoms with E-state index in [4.69, 9.17) is 9.47 Å². The standard InChI is InChI=1S/C25H22N2O4S/c1-16-13-21-22(14-17(16)2)32-25(27(21)15-23(28)30-3)26-24(29)18-9-11-20(12-10-18)31-19-7-5-4-6-8-19/h4-14H,15H2,1-3H3. The minimum atomic E-state index is -0.403. The lowest BCUT2D eigenvalue weighted by Gasteiger charge is -2.06. The van der Waals surface area contributed by atoms with E-state index in [2.05, 4.69) is 4.99 Å². The first-order valence-electron chi connectivity index (χ1n) is 10.0. The predicted octanol–water partition coefficient (Wildman–Crippen LogP) is 5.03. The number of hydrogen-bond donors (Lipinski definition) is 0. The summed E-state index contributed by atoms with van der Waals surface area (Å²) >= 11 is 1.37. The first-order valence-corrected chi connectivity index (χ1v) is 10.9. The number of esters is 1. The summed E-state index contributed by atoms with van der Waals surface area (Å²) in [7, 11) is 1.34. The SMILES string of the molecule is COC(=O)Cn1c(=NC(=O)c2ccc(Oc3ccccc3)cc2)sc2cc(C)c(C)cc21. The molecule has 4 rings (SSSR count). The van der Waals surface area contributed by atoms with Crippen LogP contribution in [0.3, 0.4) is 0 Å². The van der Waals surface area contributed by atoms with Crippen molar-refractivity contribution >= 4 is 33.4 Å². The van der Waals surface area contributed by atoms with Gasteiger partial charge in [-0.2, -0.15) is 4.99 Å². The summed E-state index contributed by atoms with van der Waals surface area (Å²) in [6.07, 6.45) is 0. The average molecular weight is 447 g/mol. The number of fused-ring (bicyclic) bond motifs is 1. The lowest BCUT2D eigenvalue weighted by Crippen LogP contribution is -2.22. The number of rotatable bonds is 5. The fourth-order valence-electron chi connectivity index (χ4n) is 3.19. The Bertz CT molecular complexity index is 1350. The van der Waals surface area contributed by atoms with Gasteiger partial charge in [0.2, 0.25) is 0 Å². The molecule has 0 N–H and O–H groups in total. The molecule has 0 aliphatic carbocycles. The van der Waals surface area contributed by atoms with E-state index in [0.29, 0.717) is 16.1 Å². The molecule has 0 aliphatic rings. The van der Waals surface area contributed by atoms with Crippen LogP contribution in [0.2, 0.25) is 0 Å². The van der Waals surface area contributed by atoms with Gasteiger partial charge in [-0.3, -0.25) is 9.59 Å². The molecule has 1 aromatic heterocycles. The summed E-state index contributed by atoms with van der Waals surface area (Å²) < 4.78 is 13.3. The van der Waals surface area contributed by atoms with Gasteiger partial charge in [0, 0.05) is 5.56 Å². The fourth-order valence-corrected chi connectivity index (χ4v) is 4.30. The summed E-state index contributed by atoms with van der Waals surface area (Å²) in [5, 5.41) is 0. The summed E-state index contributed by atoms with van der Waals surface area (Å²) in [6, 6.07) is 20.3. The molecule has 0 spiro atoms. The zero-order valence-corrected chi connectivity index (χ0v) is 18.8. The van der Waals surface area contributed by atoms with Crippen LogP contribution in [0.4, 0.5) is 0 Å². The van der Waals surface area contributed by atoms with Crippen LogP contribution in [0, 0.1) is 13.8 Å². The number of para-hydroxylation sites is 1. The number of carbonyl (C=O) groups is 2. The highest BCUT2D eigenvalue weighted by molar-refractivity contribution is 7.16. The number of benzene rings is 3. The van der Waals surface area contributed by atoms with Gasteiger partial charge in [-0.25, -0.2) is 0 Å². The highest BCUT2D eigenvalue weighted by atomic mass is 32.1. The number of aromatic nitrogens is 1. The number of nitrogens with zero attached hydrogens (tertiary/aromatic N) is 2. The van der Waals surface area contributed by atoms with Gasteiger partial charge in [-0.05, 0) is 73.5 Å². The third kappa shape index (κ3) is 4.63. The molecule has 0 aliphatic heterocycles. The van der Waals surface area contributed by atoms with Crippen LogP contribution in [-0.2, 0) is 16.1 Å². The van der Waals surface area contributed by atoms with Crippen molar-refractivity contribution in [3.8, 4) is 11.5 Å². The molecule has 162 valence electrons. The van der Waals surface area contributed by atoms with Crippen LogP contribution in [0.5, 0.6) is 11.5 Å². The molecule has 4 aromatic rings. The van der Waals surface area contributed by atoms with Crippen LogP contribution in [0.25, 0.3) is 10.2 Å². The van der Waals surface area contributed by atoms with E-state index >= 15 is 0 Å². The topological polar surface area (TPSA) is 69.9 Å². The van der Waals surface area contributed by atoms with E-state index < -0.39 is 11.9 Å². The first-order chi connectivity index (χ1) is 15.4. The molecule has 32 heavy (non-hydrogen) atoms. The van der Waals surface area contributed by atoms with Gasteiger partial charge in [0.25, 0.3) is 5.91 Å². The molecule has 0 saturated carbocycles. The molecule has 0 fully saturated rings. The Morgan fingerprint density at radius 1 is 0.938 bits per heavy atom. The Kier molecular flexibility index (Phi) is 6.18. The van der Waals surface area contributed by atoms with Gasteiger partial charge in [-0.15, -0.1) is 0 Å². The van der Waals surface area contributed by atoms with Crippen LogP contribution in [-0.4, -0.2) is 23.6 Å². The highest BCUT2D eigenvalue weighted by Gasteiger charge is 2.14. The monoisotopic (exact) mass is 446 g/mol. The molecule has 6 nitrogen and oxygen atoms in total. The summed E-state index contributed by atoms with van der Waals surface area (Å²) in [6.45, 7) is 4.02. The van der Waals surface area contributed by atoms with Crippen LogP contribution < -0.4 is 9.54 Å². The van der Waals surface area contributed by atoms with Crippen molar-refractivity contribution < 1.29 is 19.1 Å². The van der Waals surface area contributed by atoms with Gasteiger partial charge < -0.3 is 14.0 Å². The Morgan fingerprint density at radius 3 is 2.28 bits per heavy atom. The zero-order valence-electron chi connectivity index (χ0n) is 18.0. The molecule has 0 saturated heterocycles. The van der Waals surface area contributed by atoms with E-state index in [9.17, 15) is 9.59 Å². The van der Waals surface area contributed by atoms with Crippen LogP contribution in [0.15, 0.2) is 71.7 Å². The minimum Gasteiger partial charge on any atom is -0.468 e. The molecule has 0 radical (unpaired) electrons. The number of hydrogen-bond acceptors (Lipinski definition) is 5. The summed E-state index contributed by atoms with van der Waals surface area (Å²) in [5.74, 6) is 0.548. The van der Waals surface area contributed by atoms with Gasteiger partial charge in [0.05, 0.1) is 17.3 Å². The molecule has 1 amide bonds. The van der Waals surface area contributed by atoms with Crippen molar-refractivity contribution in [1.82, 2.24) is 4.57 Å². The lowest BCUT2D eigenvalue weighted by molar-refractivity contribution is -0.141. The fraction of sp³-hybridized carbons (Fsp3) is 0.160. The number of thiazole rings is 1. The minimum absolute atomic E-state index is 0.0189. The average Bonchev–Trinajstić information content (AvgIpc) is 3.10. The third-order valence-corrected chi connectivity index (χ3v) is 6.13. The lowest BCUT2D eigenvalue weighted by atomic mass is 10.1. The summed E-state index contributed by atoms with van der Waals surface area (Å²) in [5.41, 5.74) is 3.51. The highest BCUT2D eigenvalue weighted by Crippen LogP contribution is 2.23. The Morgan fingerprint density at radius 2 is 1.59 bits per heavy atom. The van der Waals surface area contributed by atoms with E-state index in [-0.39, 0.29) is 6.54 Å². The zero-order chi connectivity index (χ0) is 22.7. The van der Waals surface area contributed by atoms with Crippen molar-refractivity contribution in [2.45, 2.75) is 20.4 Å². The second-order valence-corrected chi connectivity index (χ2v) is 8.32. The number of carbonyl (C=O) groups excluding carboxylic acids is 2. The van der Waals surface area contributed by atoms with Gasteiger partial charge in [0.1, 0.15) is 18.0 Å². The van der Waals surface area contributed by atoms with E-state index in [1.165, 1.54) is 18.4 Å². The van der Waals surface area contributed by atoms with Gasteiger partial charge in [-0.1, -0.05) is 29.5 Å². The molecular formula is C25H22N2O4S. The number of aryl methyl sites for hydroxylation is 2. The molecule has 3 aromatic carbocycles. The number of methoxy groups -OCH3 is 1. The van der Waals surface area contributed by atoms with Crippen molar-refractivity contribution in [3.05, 3.63) is 88.2 Å². The normalized spacial score (nSPS) is 11.5. The molecular weight excluding hydrogens is 424 g/mol. The van der Waals surface area contributed by atoms with Crippen LogP contribution in [0.1, 0.15) is 21.5 Å². The maximum Gasteiger partial charge on any atom is 0.325 e. The number of amides is 1. The van der Waals surface area contributed by atoms with Crippen molar-refractivity contribution in [1.29, 1.82) is 0 Å². The van der Waals surface area contributed by atoms with Crippen molar-refractivity contribution in [3.63, 3.8) is 0 Å². The molecule has 0 unspecified atom stereocenters. The second-order valence-electron chi connectivity index (χ2n) is 7.31. The van der Waals surface area contributed by atoms with Gasteiger partial charge >= 0.3 is 5.97 Å². The summed E-state index contributed by atoms with van der Waals surface area (Å²) in [4.78, 5) is 29.6. The smallest absolute Gasteiger partial charge is 0.325 e. The number of ether oxygens (including phenoxy) is 2. The van der Waals surface area contributed by atoms with E-state index in [1.54, 1.807) is 28.8 Å². The Balaban J connectivity index is 1.67. The Hall–Kier alpha value is -3.71. The molecule has 0 atom stereocenters. The molecule has 7 heteroatoms. The largest absolute Gasteiger partial charge is 0.468 e. The maximum absolute atomic E-state index is 12.9. The van der Waals surface area contributed by atoms with Crippen molar-refractivity contribution in [2.75, 3.05) is 7.11 Å². The first kappa shape index (κ1) is 21.5. The van der Waals surface area contributed by atoms with Crippen LogP contribution >= 0.6 is 11.3 Å². The van der Waals surface area contributed by atoms with E-state index in [1.807, 2.05) is 56.3 Å². The Labute approximate surface area is 189 Å². The quantitative estimate of drug-likeness (QED) is 0.403. The second kappa shape index (κ2) is 9.20. The third-order valence-electron chi connectivity index (χ3n) is 5.09. The van der Waals surface area contributed by atoms with Gasteiger partial charge in [0.15, 0.2) is 4.80 Å². The molecule has 1 heterocycles. The molecule has 0 bridgehead atoms. The van der Waals surface area contributed by atoms with E-state index in [0.717, 1.165) is 27.1 Å². The maximum atomic E-state index is 12.9. The predicted molar refractivity (Wildman–Crippen MR) is 124 cm³/mol.